The number of aromatic nitrogens is 1. The maximum atomic E-state index is 14.2. The van der Waals surface area contributed by atoms with Gasteiger partial charge in [0.15, 0.2) is 0 Å². The number of urea groups is 1. The lowest BCUT2D eigenvalue weighted by Crippen LogP contribution is -2.53. The quantitative estimate of drug-likeness (QED) is 0.255. The molecule has 1 aromatic heterocycles. The Kier molecular flexibility index (Phi) is 5.81. The van der Waals surface area contributed by atoms with Crippen LogP contribution in [0.5, 0.6) is 5.75 Å². The van der Waals surface area contributed by atoms with E-state index in [0.29, 0.717) is 41.7 Å². The summed E-state index contributed by atoms with van der Waals surface area (Å²) in [4.78, 5) is 33.6. The number of rotatable bonds is 7. The molecular formula is C26H26ClFN4O3. The van der Waals surface area contributed by atoms with E-state index in [1.165, 1.54) is 11.0 Å². The Labute approximate surface area is 207 Å². The van der Waals surface area contributed by atoms with Crippen LogP contribution in [-0.2, 0) is 11.2 Å². The summed E-state index contributed by atoms with van der Waals surface area (Å²) in [5.41, 5.74) is 1.53. The van der Waals surface area contributed by atoms with Crippen molar-refractivity contribution in [2.75, 3.05) is 19.6 Å². The van der Waals surface area contributed by atoms with Crippen molar-refractivity contribution in [2.45, 2.75) is 31.3 Å². The summed E-state index contributed by atoms with van der Waals surface area (Å²) in [6, 6.07) is 8.46. The van der Waals surface area contributed by atoms with Crippen LogP contribution in [-0.4, -0.2) is 57.0 Å². The summed E-state index contributed by atoms with van der Waals surface area (Å²) < 4.78 is 14.2. The second-order valence-electron chi connectivity index (χ2n) is 9.23. The fourth-order valence-electron chi connectivity index (χ4n) is 5.31. The van der Waals surface area contributed by atoms with Crippen molar-refractivity contribution in [2.24, 2.45) is 0 Å². The summed E-state index contributed by atoms with van der Waals surface area (Å²) in [6.45, 7) is 7.02. The van der Waals surface area contributed by atoms with E-state index >= 15 is 0 Å². The fourth-order valence-corrected chi connectivity index (χ4v) is 5.48. The first-order chi connectivity index (χ1) is 16.8. The van der Waals surface area contributed by atoms with Crippen LogP contribution in [0.25, 0.3) is 10.9 Å². The van der Waals surface area contributed by atoms with Crippen molar-refractivity contribution in [3.63, 3.8) is 0 Å². The Morgan fingerprint density at radius 3 is 2.89 bits per heavy atom. The van der Waals surface area contributed by atoms with E-state index in [2.05, 4.69) is 16.9 Å². The highest BCUT2D eigenvalue weighted by Gasteiger charge is 2.60. The highest BCUT2D eigenvalue weighted by atomic mass is 35.5. The molecule has 2 aromatic carbocycles. The molecule has 2 atom stereocenters. The molecule has 0 saturated carbocycles. The van der Waals surface area contributed by atoms with E-state index in [1.54, 1.807) is 48.2 Å². The summed E-state index contributed by atoms with van der Waals surface area (Å²) in [5.74, 6) is -0.781. The van der Waals surface area contributed by atoms with Gasteiger partial charge in [-0.25, -0.2) is 9.18 Å². The van der Waals surface area contributed by atoms with Gasteiger partial charge in [0.2, 0.25) is 0 Å². The van der Waals surface area contributed by atoms with Crippen molar-refractivity contribution >= 4 is 34.4 Å². The third kappa shape index (κ3) is 3.68. The van der Waals surface area contributed by atoms with Crippen molar-refractivity contribution in [1.29, 1.82) is 0 Å². The molecule has 7 nitrogen and oxygen atoms in total. The first-order valence-electron chi connectivity index (χ1n) is 11.5. The van der Waals surface area contributed by atoms with E-state index in [0.717, 1.165) is 5.56 Å². The van der Waals surface area contributed by atoms with Crippen LogP contribution < -0.4 is 5.32 Å². The van der Waals surface area contributed by atoms with Gasteiger partial charge in [-0.2, -0.15) is 0 Å². The molecule has 182 valence electrons. The van der Waals surface area contributed by atoms with E-state index < -0.39 is 17.4 Å². The zero-order valence-electron chi connectivity index (χ0n) is 19.3. The van der Waals surface area contributed by atoms with Gasteiger partial charge in [-0.1, -0.05) is 29.8 Å². The van der Waals surface area contributed by atoms with E-state index in [-0.39, 0.29) is 35.7 Å². The fraction of sp³-hybridized carbons (Fsp3) is 0.308. The zero-order valence-corrected chi connectivity index (χ0v) is 20.0. The molecule has 1 saturated heterocycles. The number of halogens is 2. The van der Waals surface area contributed by atoms with Gasteiger partial charge in [0, 0.05) is 36.1 Å². The molecule has 0 spiro atoms. The number of carbonyl (C=O) groups excluding carboxylic acids is 2. The predicted molar refractivity (Wildman–Crippen MR) is 132 cm³/mol. The maximum absolute atomic E-state index is 14.2. The average Bonchev–Trinajstić information content (AvgIpc) is 3.24. The Morgan fingerprint density at radius 1 is 1.34 bits per heavy atom. The van der Waals surface area contributed by atoms with Gasteiger partial charge in [-0.05, 0) is 55.3 Å². The zero-order chi connectivity index (χ0) is 24.9. The van der Waals surface area contributed by atoms with E-state index in [4.69, 9.17) is 11.6 Å². The molecule has 0 aliphatic carbocycles. The number of fused-ring (bicyclic) bond motifs is 4. The van der Waals surface area contributed by atoms with Crippen LogP contribution in [0, 0.1) is 5.82 Å². The number of carbonyl (C=O) groups is 2. The van der Waals surface area contributed by atoms with Crippen LogP contribution in [0.1, 0.15) is 36.2 Å². The SMILES string of the molecule is C=CCNCCCN1C(=O)N2C(c3cccc(O)c3)c3[nH]c4cc(F)c(Cl)cc4c3CC2(C)C1=O. The first kappa shape index (κ1) is 23.4. The van der Waals surface area contributed by atoms with Crippen molar-refractivity contribution in [3.05, 3.63) is 76.7 Å². The van der Waals surface area contributed by atoms with Gasteiger partial charge in [0.25, 0.3) is 5.91 Å². The summed E-state index contributed by atoms with van der Waals surface area (Å²) in [5, 5.41) is 14.1. The van der Waals surface area contributed by atoms with Gasteiger partial charge in [-0.3, -0.25) is 14.6 Å². The Balaban J connectivity index is 1.62. The lowest BCUT2D eigenvalue weighted by molar-refractivity contribution is -0.133. The number of amides is 3. The van der Waals surface area contributed by atoms with Crippen LogP contribution in [0.3, 0.4) is 0 Å². The van der Waals surface area contributed by atoms with Gasteiger partial charge in [-0.15, -0.1) is 6.58 Å². The number of aromatic amines is 1. The Hall–Kier alpha value is -3.36. The predicted octanol–water partition coefficient (Wildman–Crippen LogP) is 4.50. The molecule has 35 heavy (non-hydrogen) atoms. The van der Waals surface area contributed by atoms with Gasteiger partial charge in [0.05, 0.1) is 5.02 Å². The highest BCUT2D eigenvalue weighted by Crippen LogP contribution is 2.49. The monoisotopic (exact) mass is 496 g/mol. The molecule has 5 rings (SSSR count). The number of hydrogen-bond donors (Lipinski definition) is 3. The second kappa shape index (κ2) is 8.70. The van der Waals surface area contributed by atoms with Crippen molar-refractivity contribution < 1.29 is 19.1 Å². The van der Waals surface area contributed by atoms with Crippen LogP contribution in [0.15, 0.2) is 49.1 Å². The molecule has 3 amide bonds. The Bertz CT molecular complexity index is 1360. The minimum absolute atomic E-state index is 0.0109. The summed E-state index contributed by atoms with van der Waals surface area (Å²) in [6.07, 6.45) is 2.62. The lowest BCUT2D eigenvalue weighted by Gasteiger charge is -2.42. The lowest BCUT2D eigenvalue weighted by atomic mass is 9.81. The number of H-pyrrole nitrogens is 1. The first-order valence-corrected chi connectivity index (χ1v) is 11.9. The summed E-state index contributed by atoms with van der Waals surface area (Å²) >= 11 is 6.10. The topological polar surface area (TPSA) is 88.7 Å². The number of phenolic OH excluding ortho intramolecular Hbond substituents is 1. The average molecular weight is 497 g/mol. The molecule has 3 aromatic rings. The van der Waals surface area contributed by atoms with Gasteiger partial charge in [0.1, 0.15) is 23.1 Å². The molecule has 2 aliphatic rings. The molecule has 2 unspecified atom stereocenters. The third-order valence-electron chi connectivity index (χ3n) is 6.92. The third-order valence-corrected chi connectivity index (χ3v) is 7.21. The van der Waals surface area contributed by atoms with E-state index in [1.807, 2.05) is 0 Å². The van der Waals surface area contributed by atoms with E-state index in [9.17, 15) is 19.1 Å². The molecule has 3 N–H and O–H groups in total. The highest BCUT2D eigenvalue weighted by molar-refractivity contribution is 6.31. The van der Waals surface area contributed by atoms with Crippen LogP contribution in [0.4, 0.5) is 9.18 Å². The maximum Gasteiger partial charge on any atom is 0.328 e. The van der Waals surface area contributed by atoms with Crippen LogP contribution >= 0.6 is 11.6 Å². The minimum atomic E-state index is -1.15. The summed E-state index contributed by atoms with van der Waals surface area (Å²) in [7, 11) is 0. The normalized spacial score (nSPS) is 21.5. The molecular weight excluding hydrogens is 471 g/mol. The number of hydrogen-bond acceptors (Lipinski definition) is 4. The number of phenols is 1. The molecule has 2 aliphatic heterocycles. The molecule has 0 radical (unpaired) electrons. The number of nitrogens with one attached hydrogen (secondary N) is 2. The molecule has 9 heteroatoms. The molecule has 3 heterocycles. The minimum Gasteiger partial charge on any atom is -0.508 e. The van der Waals surface area contributed by atoms with Crippen molar-refractivity contribution in [1.82, 2.24) is 20.1 Å². The number of aromatic hydroxyl groups is 1. The second-order valence-corrected chi connectivity index (χ2v) is 9.64. The van der Waals surface area contributed by atoms with Crippen molar-refractivity contribution in [3.8, 4) is 5.75 Å². The standard InChI is InChI=1S/C26H26ClFN4O3/c1-3-8-29-9-5-10-31-24(34)26(2)14-18-17-12-19(27)20(28)13-21(17)30-22(18)23(32(26)25(31)35)15-6-4-7-16(33)11-15/h3-4,6-7,11-13,23,29-30,33H,1,5,8-10,14H2,2H3. The molecule has 0 bridgehead atoms. The van der Waals surface area contributed by atoms with Crippen LogP contribution in [0.2, 0.25) is 5.02 Å². The smallest absolute Gasteiger partial charge is 0.328 e. The number of imide groups is 1. The molecule has 1 fully saturated rings. The van der Waals surface area contributed by atoms with Gasteiger partial charge >= 0.3 is 6.03 Å². The Morgan fingerprint density at radius 2 is 2.14 bits per heavy atom. The number of benzene rings is 2. The largest absolute Gasteiger partial charge is 0.508 e. The van der Waals surface area contributed by atoms with Gasteiger partial charge < -0.3 is 15.4 Å². The number of nitrogens with zero attached hydrogens (tertiary/aromatic N) is 2.